The fraction of sp³-hybridized carbons (Fsp3) is 0.350. The van der Waals surface area contributed by atoms with Crippen LogP contribution in [-0.2, 0) is 6.42 Å². The molecule has 7 heteroatoms. The molecule has 1 saturated heterocycles. The van der Waals surface area contributed by atoms with Gasteiger partial charge in [0.05, 0.1) is 12.3 Å². The van der Waals surface area contributed by atoms with Gasteiger partial charge in [-0.05, 0) is 48.7 Å². The number of fused-ring (bicyclic) bond motifs is 1. The van der Waals surface area contributed by atoms with E-state index in [2.05, 4.69) is 5.32 Å². The van der Waals surface area contributed by atoms with E-state index in [0.29, 0.717) is 26.2 Å². The van der Waals surface area contributed by atoms with Crippen LogP contribution in [0, 0.1) is 11.6 Å². The molecule has 1 fully saturated rings. The molecule has 2 aromatic carbocycles. The van der Waals surface area contributed by atoms with E-state index in [4.69, 9.17) is 4.74 Å². The van der Waals surface area contributed by atoms with Crippen LogP contribution in [0.15, 0.2) is 36.4 Å². The lowest BCUT2D eigenvalue weighted by Crippen LogP contribution is -2.50. The number of benzene rings is 2. The van der Waals surface area contributed by atoms with Crippen LogP contribution in [-0.4, -0.2) is 43.7 Å². The lowest BCUT2D eigenvalue weighted by molar-refractivity contribution is 0.208. The van der Waals surface area contributed by atoms with Gasteiger partial charge >= 0.3 is 6.03 Å². The summed E-state index contributed by atoms with van der Waals surface area (Å²) in [7, 11) is 0. The molecule has 1 N–H and O–H groups in total. The second-order valence-electron chi connectivity index (χ2n) is 6.77. The molecule has 0 spiro atoms. The number of nitrogens with zero attached hydrogens (tertiary/aromatic N) is 2. The monoisotopic (exact) mass is 373 g/mol. The van der Waals surface area contributed by atoms with Crippen molar-refractivity contribution >= 4 is 17.4 Å². The molecule has 2 aliphatic heterocycles. The Morgan fingerprint density at radius 2 is 1.85 bits per heavy atom. The van der Waals surface area contributed by atoms with Crippen molar-refractivity contribution in [2.24, 2.45) is 0 Å². The van der Waals surface area contributed by atoms with Crippen molar-refractivity contribution in [3.05, 3.63) is 53.6 Å². The van der Waals surface area contributed by atoms with E-state index in [1.165, 1.54) is 6.07 Å². The molecule has 5 nitrogen and oxygen atoms in total. The minimum atomic E-state index is -0.469. The number of halogens is 2. The van der Waals surface area contributed by atoms with Crippen LogP contribution in [0.2, 0.25) is 0 Å². The molecule has 0 aromatic heterocycles. The van der Waals surface area contributed by atoms with Crippen LogP contribution in [0.5, 0.6) is 5.75 Å². The maximum Gasteiger partial charge on any atom is 0.321 e. The fourth-order valence-corrected chi connectivity index (χ4v) is 3.52. The number of urea groups is 1. The molecule has 2 aromatic rings. The van der Waals surface area contributed by atoms with Gasteiger partial charge in [-0.15, -0.1) is 0 Å². The highest BCUT2D eigenvalue weighted by atomic mass is 19.1. The minimum absolute atomic E-state index is 0.189. The number of aryl methyl sites for hydroxylation is 1. The molecule has 0 unspecified atom stereocenters. The molecule has 0 saturated carbocycles. The summed E-state index contributed by atoms with van der Waals surface area (Å²) in [6.07, 6.45) is 1.92. The molecular weight excluding hydrogens is 352 g/mol. The third-order valence-electron chi connectivity index (χ3n) is 4.98. The Hall–Kier alpha value is -2.83. The SMILES string of the molecule is O=C(Nc1ccc2c(c1)CCCO2)N1CCN(c2cc(F)ccc2F)CC1. The molecular formula is C20H21F2N3O2. The van der Waals surface area contributed by atoms with Crippen LogP contribution in [0.1, 0.15) is 12.0 Å². The van der Waals surface area contributed by atoms with Crippen molar-refractivity contribution < 1.29 is 18.3 Å². The third kappa shape index (κ3) is 3.82. The minimum Gasteiger partial charge on any atom is -0.493 e. The summed E-state index contributed by atoms with van der Waals surface area (Å²) < 4.78 is 32.9. The van der Waals surface area contributed by atoms with Crippen molar-refractivity contribution in [2.75, 3.05) is 43.0 Å². The lowest BCUT2D eigenvalue weighted by Gasteiger charge is -2.36. The zero-order chi connectivity index (χ0) is 18.8. The predicted octanol–water partition coefficient (Wildman–Crippen LogP) is 3.64. The Labute approximate surface area is 156 Å². The van der Waals surface area contributed by atoms with Gasteiger partial charge in [0.25, 0.3) is 0 Å². The van der Waals surface area contributed by atoms with E-state index in [0.717, 1.165) is 48.6 Å². The number of piperazine rings is 1. The first-order valence-electron chi connectivity index (χ1n) is 9.12. The molecule has 0 bridgehead atoms. The Balaban J connectivity index is 1.37. The van der Waals surface area contributed by atoms with Crippen molar-refractivity contribution in [2.45, 2.75) is 12.8 Å². The average molecular weight is 373 g/mol. The summed E-state index contributed by atoms with van der Waals surface area (Å²) in [5, 5.41) is 2.92. The highest BCUT2D eigenvalue weighted by molar-refractivity contribution is 5.89. The summed E-state index contributed by atoms with van der Waals surface area (Å²) in [4.78, 5) is 16.0. The number of carbonyl (C=O) groups excluding carboxylic acids is 1. The van der Waals surface area contributed by atoms with E-state index in [1.54, 1.807) is 9.80 Å². The number of rotatable bonds is 2. The van der Waals surface area contributed by atoms with Crippen molar-refractivity contribution in [3.63, 3.8) is 0 Å². The summed E-state index contributed by atoms with van der Waals surface area (Å²) in [5.41, 5.74) is 2.08. The normalized spacial score (nSPS) is 16.5. The van der Waals surface area contributed by atoms with Crippen molar-refractivity contribution in [1.82, 2.24) is 4.90 Å². The van der Waals surface area contributed by atoms with Crippen molar-refractivity contribution in [1.29, 1.82) is 0 Å². The number of anilines is 2. The largest absolute Gasteiger partial charge is 0.493 e. The maximum atomic E-state index is 13.9. The number of nitrogens with one attached hydrogen (secondary N) is 1. The van der Waals surface area contributed by atoms with Gasteiger partial charge in [0.15, 0.2) is 0 Å². The number of hydrogen-bond acceptors (Lipinski definition) is 3. The van der Waals surface area contributed by atoms with Gasteiger partial charge < -0.3 is 19.9 Å². The van der Waals surface area contributed by atoms with Gasteiger partial charge in [-0.25, -0.2) is 13.6 Å². The fourth-order valence-electron chi connectivity index (χ4n) is 3.52. The number of ether oxygens (including phenoxy) is 1. The van der Waals surface area contributed by atoms with E-state index in [1.807, 2.05) is 18.2 Å². The molecule has 0 radical (unpaired) electrons. The zero-order valence-corrected chi connectivity index (χ0v) is 14.9. The van der Waals surface area contributed by atoms with E-state index >= 15 is 0 Å². The van der Waals surface area contributed by atoms with E-state index < -0.39 is 11.6 Å². The standard InChI is InChI=1S/C20H21F2N3O2/c21-15-3-5-17(22)18(13-15)24-7-9-25(10-8-24)20(26)23-16-4-6-19-14(12-16)2-1-11-27-19/h3-6,12-13H,1-2,7-11H2,(H,23,26). The third-order valence-corrected chi connectivity index (χ3v) is 4.98. The molecule has 27 heavy (non-hydrogen) atoms. The number of hydrogen-bond donors (Lipinski definition) is 1. The highest BCUT2D eigenvalue weighted by Crippen LogP contribution is 2.28. The van der Waals surface area contributed by atoms with Gasteiger partial charge in [0, 0.05) is 37.9 Å². The molecule has 0 atom stereocenters. The van der Waals surface area contributed by atoms with Crippen molar-refractivity contribution in [3.8, 4) is 5.75 Å². The lowest BCUT2D eigenvalue weighted by atomic mass is 10.1. The quantitative estimate of drug-likeness (QED) is 0.874. The van der Waals surface area contributed by atoms with Crippen LogP contribution >= 0.6 is 0 Å². The topological polar surface area (TPSA) is 44.8 Å². The van der Waals surface area contributed by atoms with Crippen LogP contribution in [0.3, 0.4) is 0 Å². The van der Waals surface area contributed by atoms with Gasteiger partial charge in [-0.1, -0.05) is 0 Å². The van der Waals surface area contributed by atoms with E-state index in [9.17, 15) is 13.6 Å². The van der Waals surface area contributed by atoms with Crippen LogP contribution < -0.4 is 15.0 Å². The maximum absolute atomic E-state index is 13.9. The Kier molecular flexibility index (Phi) is 4.83. The first-order chi connectivity index (χ1) is 13.1. The smallest absolute Gasteiger partial charge is 0.321 e. The Morgan fingerprint density at radius 1 is 1.04 bits per heavy atom. The Bertz CT molecular complexity index is 851. The first-order valence-corrected chi connectivity index (χ1v) is 9.12. The second-order valence-corrected chi connectivity index (χ2v) is 6.77. The second kappa shape index (κ2) is 7.42. The van der Waals surface area contributed by atoms with Gasteiger partial charge in [-0.3, -0.25) is 0 Å². The summed E-state index contributed by atoms with van der Waals surface area (Å²) in [6.45, 7) is 2.51. The molecule has 4 rings (SSSR count). The number of amides is 2. The predicted molar refractivity (Wildman–Crippen MR) is 99.4 cm³/mol. The molecule has 0 aliphatic carbocycles. The van der Waals surface area contributed by atoms with Crippen LogP contribution in [0.4, 0.5) is 25.0 Å². The summed E-state index contributed by atoms with van der Waals surface area (Å²) in [5.74, 6) is -0.0430. The number of carbonyl (C=O) groups is 1. The van der Waals surface area contributed by atoms with E-state index in [-0.39, 0.29) is 11.7 Å². The van der Waals surface area contributed by atoms with Crippen LogP contribution in [0.25, 0.3) is 0 Å². The molecule has 2 aliphatic rings. The molecule has 142 valence electrons. The first kappa shape index (κ1) is 17.6. The zero-order valence-electron chi connectivity index (χ0n) is 14.9. The van der Waals surface area contributed by atoms with Gasteiger partial charge in [0.2, 0.25) is 0 Å². The highest BCUT2D eigenvalue weighted by Gasteiger charge is 2.23. The Morgan fingerprint density at radius 3 is 2.67 bits per heavy atom. The van der Waals surface area contributed by atoms with Gasteiger partial charge in [0.1, 0.15) is 17.4 Å². The molecule has 2 heterocycles. The summed E-state index contributed by atoms with van der Waals surface area (Å²) >= 11 is 0. The molecule has 2 amide bonds. The average Bonchev–Trinajstić information content (AvgIpc) is 2.70. The summed E-state index contributed by atoms with van der Waals surface area (Å²) in [6, 6.07) is 8.90. The van der Waals surface area contributed by atoms with Gasteiger partial charge in [-0.2, -0.15) is 0 Å².